The van der Waals surface area contributed by atoms with Crippen LogP contribution in [-0.4, -0.2) is 25.9 Å². The molecule has 0 fully saturated rings. The summed E-state index contributed by atoms with van der Waals surface area (Å²) in [7, 11) is 3.11. The summed E-state index contributed by atoms with van der Waals surface area (Å²) in [6, 6.07) is 8.27. The van der Waals surface area contributed by atoms with Gasteiger partial charge in [0.1, 0.15) is 23.1 Å². The topological polar surface area (TPSA) is 47.6 Å². The van der Waals surface area contributed by atoms with E-state index in [0.717, 1.165) is 29.5 Å². The van der Waals surface area contributed by atoms with Crippen LogP contribution in [0.2, 0.25) is 0 Å². The van der Waals surface area contributed by atoms with Crippen molar-refractivity contribution in [3.8, 4) is 11.5 Å². The quantitative estimate of drug-likeness (QED) is 0.753. The maximum absolute atomic E-state index is 13.6. The number of hydrogen-bond donors (Lipinski definition) is 1. The zero-order chi connectivity index (χ0) is 18.4. The van der Waals surface area contributed by atoms with Crippen molar-refractivity contribution >= 4 is 17.7 Å². The Kier molecular flexibility index (Phi) is 6.64. The van der Waals surface area contributed by atoms with Crippen LogP contribution >= 0.6 is 11.8 Å². The van der Waals surface area contributed by atoms with Crippen molar-refractivity contribution in [2.24, 2.45) is 0 Å². The minimum Gasteiger partial charge on any atom is -0.497 e. The standard InChI is InChI=1S/C18H19F2NO3S/c1-11(14-9-13(23-2)5-6-16(14)24-3)21-18(22)10-25-17-7-4-12(19)8-15(17)20/h4-9,11H,10H2,1-3H3,(H,21,22)/t11-/m1/s1. The van der Waals surface area contributed by atoms with Gasteiger partial charge in [-0.05, 0) is 37.3 Å². The molecule has 0 heterocycles. The first-order valence-electron chi connectivity index (χ1n) is 7.53. The Morgan fingerprint density at radius 3 is 2.56 bits per heavy atom. The summed E-state index contributed by atoms with van der Waals surface area (Å²) in [6.45, 7) is 1.82. The largest absolute Gasteiger partial charge is 0.497 e. The smallest absolute Gasteiger partial charge is 0.230 e. The molecule has 0 saturated carbocycles. The summed E-state index contributed by atoms with van der Waals surface area (Å²) in [5.74, 6) is -0.305. The Labute approximate surface area is 149 Å². The molecule has 0 aliphatic rings. The van der Waals surface area contributed by atoms with Gasteiger partial charge >= 0.3 is 0 Å². The molecule has 25 heavy (non-hydrogen) atoms. The van der Waals surface area contributed by atoms with Gasteiger partial charge in [-0.2, -0.15) is 0 Å². The van der Waals surface area contributed by atoms with E-state index < -0.39 is 11.6 Å². The number of thioether (sulfide) groups is 1. The highest BCUT2D eigenvalue weighted by Gasteiger charge is 2.16. The van der Waals surface area contributed by atoms with Crippen molar-refractivity contribution in [1.82, 2.24) is 5.32 Å². The van der Waals surface area contributed by atoms with Gasteiger partial charge in [-0.3, -0.25) is 4.79 Å². The highest BCUT2D eigenvalue weighted by molar-refractivity contribution is 8.00. The van der Waals surface area contributed by atoms with E-state index in [-0.39, 0.29) is 22.6 Å². The molecule has 1 atom stereocenters. The normalized spacial score (nSPS) is 11.7. The average Bonchev–Trinajstić information content (AvgIpc) is 2.60. The molecule has 1 amide bonds. The molecule has 0 bridgehead atoms. The zero-order valence-corrected chi connectivity index (χ0v) is 15.0. The number of amides is 1. The minimum absolute atomic E-state index is 0.0131. The van der Waals surface area contributed by atoms with Gasteiger partial charge in [-0.25, -0.2) is 8.78 Å². The van der Waals surface area contributed by atoms with E-state index in [1.54, 1.807) is 32.4 Å². The summed E-state index contributed by atoms with van der Waals surface area (Å²) < 4.78 is 37.0. The molecule has 7 heteroatoms. The summed E-state index contributed by atoms with van der Waals surface area (Å²) >= 11 is 1.01. The predicted molar refractivity (Wildman–Crippen MR) is 93.2 cm³/mol. The lowest BCUT2D eigenvalue weighted by Crippen LogP contribution is -2.28. The average molecular weight is 367 g/mol. The van der Waals surface area contributed by atoms with Crippen LogP contribution in [0.3, 0.4) is 0 Å². The van der Waals surface area contributed by atoms with Gasteiger partial charge in [0, 0.05) is 16.5 Å². The summed E-state index contributed by atoms with van der Waals surface area (Å²) in [4.78, 5) is 12.4. The number of carbonyl (C=O) groups is 1. The second-order valence-corrected chi connectivity index (χ2v) is 6.28. The number of ether oxygens (including phenoxy) is 2. The van der Waals surface area contributed by atoms with Crippen LogP contribution in [0.4, 0.5) is 8.78 Å². The lowest BCUT2D eigenvalue weighted by molar-refractivity contribution is -0.119. The first-order valence-corrected chi connectivity index (χ1v) is 8.52. The molecule has 0 spiro atoms. The van der Waals surface area contributed by atoms with E-state index in [2.05, 4.69) is 5.32 Å². The monoisotopic (exact) mass is 367 g/mol. The van der Waals surface area contributed by atoms with Crippen molar-refractivity contribution < 1.29 is 23.0 Å². The van der Waals surface area contributed by atoms with E-state index >= 15 is 0 Å². The van der Waals surface area contributed by atoms with Crippen molar-refractivity contribution in [2.45, 2.75) is 17.9 Å². The Balaban J connectivity index is 2.00. The SMILES string of the molecule is COc1ccc(OC)c([C@@H](C)NC(=O)CSc2ccc(F)cc2F)c1. The van der Waals surface area contributed by atoms with Crippen molar-refractivity contribution in [3.05, 3.63) is 53.6 Å². The summed E-state index contributed by atoms with van der Waals surface area (Å²) in [5, 5.41) is 2.83. The van der Waals surface area contributed by atoms with E-state index in [1.165, 1.54) is 6.07 Å². The first-order chi connectivity index (χ1) is 11.9. The second kappa shape index (κ2) is 8.71. The number of rotatable bonds is 7. The molecule has 0 radical (unpaired) electrons. The van der Waals surface area contributed by atoms with E-state index in [0.29, 0.717) is 11.5 Å². The first kappa shape index (κ1) is 19.1. The number of benzene rings is 2. The van der Waals surface area contributed by atoms with Gasteiger partial charge in [-0.15, -0.1) is 11.8 Å². The lowest BCUT2D eigenvalue weighted by atomic mass is 10.1. The Bertz CT molecular complexity index is 755. The predicted octanol–water partition coefficient (Wildman–Crippen LogP) is 3.95. The minimum atomic E-state index is -0.680. The Morgan fingerprint density at radius 2 is 1.92 bits per heavy atom. The molecule has 2 aromatic carbocycles. The van der Waals surface area contributed by atoms with Crippen LogP contribution in [0, 0.1) is 11.6 Å². The number of halogens is 2. The van der Waals surface area contributed by atoms with Crippen molar-refractivity contribution in [2.75, 3.05) is 20.0 Å². The Hall–Kier alpha value is -2.28. The third-order valence-electron chi connectivity index (χ3n) is 3.53. The van der Waals surface area contributed by atoms with Crippen molar-refractivity contribution in [1.29, 1.82) is 0 Å². The molecule has 0 aromatic heterocycles. The zero-order valence-electron chi connectivity index (χ0n) is 14.1. The third kappa shape index (κ3) is 5.09. The van der Waals surface area contributed by atoms with Crippen LogP contribution in [0.25, 0.3) is 0 Å². The molecule has 2 rings (SSSR count). The fourth-order valence-electron chi connectivity index (χ4n) is 2.27. The van der Waals surface area contributed by atoms with E-state index in [4.69, 9.17) is 9.47 Å². The molecular weight excluding hydrogens is 348 g/mol. The van der Waals surface area contributed by atoms with Crippen LogP contribution in [0.1, 0.15) is 18.5 Å². The number of carbonyl (C=O) groups excluding carboxylic acids is 1. The van der Waals surface area contributed by atoms with E-state index in [1.807, 2.05) is 6.92 Å². The van der Waals surface area contributed by atoms with Gasteiger partial charge in [0.15, 0.2) is 0 Å². The maximum atomic E-state index is 13.6. The number of methoxy groups -OCH3 is 2. The maximum Gasteiger partial charge on any atom is 0.230 e. The Morgan fingerprint density at radius 1 is 1.16 bits per heavy atom. The van der Waals surface area contributed by atoms with Crippen molar-refractivity contribution in [3.63, 3.8) is 0 Å². The molecule has 0 unspecified atom stereocenters. The van der Waals surface area contributed by atoms with Crippen LogP contribution in [0.5, 0.6) is 11.5 Å². The molecular formula is C18H19F2NO3S. The highest BCUT2D eigenvalue weighted by atomic mass is 32.2. The molecule has 0 aliphatic carbocycles. The molecule has 1 N–H and O–H groups in total. The van der Waals surface area contributed by atoms with Gasteiger partial charge in [-0.1, -0.05) is 0 Å². The molecule has 134 valence electrons. The van der Waals surface area contributed by atoms with Gasteiger partial charge < -0.3 is 14.8 Å². The van der Waals surface area contributed by atoms with Gasteiger partial charge in [0.25, 0.3) is 0 Å². The third-order valence-corrected chi connectivity index (χ3v) is 4.58. The highest BCUT2D eigenvalue weighted by Crippen LogP contribution is 2.29. The summed E-state index contributed by atoms with van der Waals surface area (Å²) in [6.07, 6.45) is 0. The molecule has 0 saturated heterocycles. The van der Waals surface area contributed by atoms with Gasteiger partial charge in [0.2, 0.25) is 5.91 Å². The number of hydrogen-bond acceptors (Lipinski definition) is 4. The molecule has 2 aromatic rings. The van der Waals surface area contributed by atoms with Crippen LogP contribution in [0.15, 0.2) is 41.3 Å². The molecule has 4 nitrogen and oxygen atoms in total. The van der Waals surface area contributed by atoms with Crippen LogP contribution in [-0.2, 0) is 4.79 Å². The van der Waals surface area contributed by atoms with Gasteiger partial charge in [0.05, 0.1) is 26.0 Å². The fourth-order valence-corrected chi connectivity index (χ4v) is 3.01. The lowest BCUT2D eigenvalue weighted by Gasteiger charge is -2.18. The van der Waals surface area contributed by atoms with Crippen LogP contribution < -0.4 is 14.8 Å². The van der Waals surface area contributed by atoms with E-state index in [9.17, 15) is 13.6 Å². The number of nitrogens with one attached hydrogen (secondary N) is 1. The molecule has 0 aliphatic heterocycles. The second-order valence-electron chi connectivity index (χ2n) is 5.26. The fraction of sp³-hybridized carbons (Fsp3) is 0.278. The summed E-state index contributed by atoms with van der Waals surface area (Å²) in [5.41, 5.74) is 0.771.